The molecule has 2 aromatic heterocycles. The topological polar surface area (TPSA) is 75.1 Å². The van der Waals surface area contributed by atoms with Crippen molar-refractivity contribution in [3.05, 3.63) is 48.8 Å². The Morgan fingerprint density at radius 1 is 1.47 bits per heavy atom. The molecule has 2 heterocycles. The molecule has 0 aliphatic carbocycles. The maximum atomic E-state index is 12.0. The zero-order chi connectivity index (χ0) is 14.0. The number of aromatic hydroxyl groups is 1. The lowest BCUT2D eigenvalue weighted by molar-refractivity contribution is 0.370. The van der Waals surface area contributed by atoms with E-state index in [0.717, 1.165) is 17.7 Å². The van der Waals surface area contributed by atoms with Gasteiger partial charge < -0.3 is 5.11 Å². The molecule has 6 heteroatoms. The van der Waals surface area contributed by atoms with Crippen LogP contribution in [0.3, 0.4) is 0 Å². The maximum Gasteiger partial charge on any atom is 0.331 e. The van der Waals surface area contributed by atoms with Gasteiger partial charge in [-0.25, -0.2) is 4.79 Å². The Kier molecular flexibility index (Phi) is 3.90. The smallest absolute Gasteiger partial charge is 0.331 e. The van der Waals surface area contributed by atoms with Gasteiger partial charge in [-0.05, 0) is 24.8 Å². The second-order valence-corrected chi connectivity index (χ2v) is 5.38. The molecular weight excluding hydrogens is 264 g/mol. The fourth-order valence-corrected chi connectivity index (χ4v) is 2.92. The van der Waals surface area contributed by atoms with Gasteiger partial charge in [0.25, 0.3) is 5.56 Å². The van der Waals surface area contributed by atoms with E-state index in [9.17, 15) is 14.7 Å². The lowest BCUT2D eigenvalue weighted by Gasteiger charge is -2.19. The summed E-state index contributed by atoms with van der Waals surface area (Å²) in [4.78, 5) is 26.7. The highest BCUT2D eigenvalue weighted by Gasteiger charge is 2.21. The van der Waals surface area contributed by atoms with Crippen LogP contribution in [0.4, 0.5) is 0 Å². The monoisotopic (exact) mass is 280 g/mol. The number of aromatic nitrogens is 2. The average Bonchev–Trinajstić information content (AvgIpc) is 2.89. The summed E-state index contributed by atoms with van der Waals surface area (Å²) < 4.78 is 1.27. The first kappa shape index (κ1) is 13.6. The van der Waals surface area contributed by atoms with Crippen LogP contribution in [0, 0.1) is 6.92 Å². The third kappa shape index (κ3) is 2.49. The first-order valence-electron chi connectivity index (χ1n) is 6.14. The first-order valence-corrected chi connectivity index (χ1v) is 7.02. The van der Waals surface area contributed by atoms with Gasteiger partial charge >= 0.3 is 5.69 Å². The zero-order valence-corrected chi connectivity index (χ0v) is 11.7. The van der Waals surface area contributed by atoms with Crippen molar-refractivity contribution in [2.24, 2.45) is 0 Å². The van der Waals surface area contributed by atoms with Crippen LogP contribution in [0.2, 0.25) is 0 Å². The van der Waals surface area contributed by atoms with Gasteiger partial charge in [0.2, 0.25) is 5.88 Å². The molecule has 0 saturated carbocycles. The minimum absolute atomic E-state index is 0.164. The molecule has 0 saturated heterocycles. The second-order valence-electron chi connectivity index (χ2n) is 4.40. The Bertz CT molecular complexity index is 670. The number of thiophene rings is 1. The molecule has 1 atom stereocenters. The largest absolute Gasteiger partial charge is 0.494 e. The molecule has 0 radical (unpaired) electrons. The van der Waals surface area contributed by atoms with Crippen molar-refractivity contribution in [2.75, 3.05) is 0 Å². The van der Waals surface area contributed by atoms with E-state index in [2.05, 4.69) is 4.98 Å². The Balaban J connectivity index is 2.64. The highest BCUT2D eigenvalue weighted by Crippen LogP contribution is 2.29. The Morgan fingerprint density at radius 3 is 2.79 bits per heavy atom. The van der Waals surface area contributed by atoms with Gasteiger partial charge in [-0.1, -0.05) is 19.4 Å². The lowest BCUT2D eigenvalue weighted by Crippen LogP contribution is -2.34. The number of aromatic amines is 1. The van der Waals surface area contributed by atoms with Crippen molar-refractivity contribution in [1.82, 2.24) is 9.55 Å². The third-order valence-electron chi connectivity index (χ3n) is 3.09. The van der Waals surface area contributed by atoms with Crippen molar-refractivity contribution in [3.8, 4) is 5.88 Å². The van der Waals surface area contributed by atoms with Crippen LogP contribution in [-0.2, 0) is 0 Å². The fourth-order valence-electron chi connectivity index (χ4n) is 2.07. The molecule has 1 unspecified atom stereocenters. The van der Waals surface area contributed by atoms with Crippen molar-refractivity contribution in [2.45, 2.75) is 32.7 Å². The molecule has 19 heavy (non-hydrogen) atoms. The summed E-state index contributed by atoms with van der Waals surface area (Å²) in [6, 6.07) is 3.59. The van der Waals surface area contributed by atoms with E-state index in [1.165, 1.54) is 22.8 Å². The number of rotatable bonds is 4. The van der Waals surface area contributed by atoms with Crippen LogP contribution in [0.25, 0.3) is 0 Å². The molecular formula is C13H16N2O3S. The summed E-state index contributed by atoms with van der Waals surface area (Å²) in [6.45, 7) is 3.52. The van der Waals surface area contributed by atoms with E-state index in [4.69, 9.17) is 0 Å². The van der Waals surface area contributed by atoms with Crippen LogP contribution in [0.1, 0.15) is 36.2 Å². The standard InChI is InChI=1S/C13H16N2O3S/c1-3-5-9(10-6-4-7-19-10)15-12(17)8(2)11(16)14-13(15)18/h4,6-7,9,17H,3,5H2,1-2H3,(H,14,16,18). The Hall–Kier alpha value is -1.82. The average molecular weight is 280 g/mol. The molecule has 0 bridgehead atoms. The van der Waals surface area contributed by atoms with Crippen molar-refractivity contribution >= 4 is 11.3 Å². The van der Waals surface area contributed by atoms with Crippen molar-refractivity contribution < 1.29 is 5.11 Å². The number of hydrogen-bond donors (Lipinski definition) is 2. The molecule has 0 aromatic carbocycles. The number of nitrogens with zero attached hydrogens (tertiary/aromatic N) is 1. The summed E-state index contributed by atoms with van der Waals surface area (Å²) >= 11 is 1.53. The molecule has 2 N–H and O–H groups in total. The molecule has 0 fully saturated rings. The maximum absolute atomic E-state index is 12.0. The molecule has 0 aliphatic heterocycles. The highest BCUT2D eigenvalue weighted by atomic mass is 32.1. The third-order valence-corrected chi connectivity index (χ3v) is 4.06. The van der Waals surface area contributed by atoms with Gasteiger partial charge in [0.05, 0.1) is 11.6 Å². The van der Waals surface area contributed by atoms with Crippen LogP contribution >= 0.6 is 11.3 Å². The van der Waals surface area contributed by atoms with Gasteiger partial charge in [-0.2, -0.15) is 0 Å². The number of nitrogens with one attached hydrogen (secondary N) is 1. The molecule has 0 spiro atoms. The van der Waals surface area contributed by atoms with Gasteiger partial charge in [-0.3, -0.25) is 14.3 Å². The quantitative estimate of drug-likeness (QED) is 0.899. The lowest BCUT2D eigenvalue weighted by atomic mass is 10.1. The highest BCUT2D eigenvalue weighted by molar-refractivity contribution is 7.10. The fraction of sp³-hybridized carbons (Fsp3) is 0.385. The van der Waals surface area contributed by atoms with E-state index < -0.39 is 11.2 Å². The Labute approximate surface area is 114 Å². The van der Waals surface area contributed by atoms with E-state index in [0.29, 0.717) is 0 Å². The minimum Gasteiger partial charge on any atom is -0.494 e. The predicted molar refractivity (Wildman–Crippen MR) is 75.1 cm³/mol. The van der Waals surface area contributed by atoms with E-state index in [-0.39, 0.29) is 17.5 Å². The van der Waals surface area contributed by atoms with Crippen molar-refractivity contribution in [3.63, 3.8) is 0 Å². The molecule has 102 valence electrons. The summed E-state index contributed by atoms with van der Waals surface area (Å²) in [5.74, 6) is -0.249. The second kappa shape index (κ2) is 5.44. The Morgan fingerprint density at radius 2 is 2.21 bits per heavy atom. The normalized spacial score (nSPS) is 12.5. The molecule has 5 nitrogen and oxygen atoms in total. The van der Waals surface area contributed by atoms with E-state index in [1.807, 2.05) is 24.4 Å². The van der Waals surface area contributed by atoms with Crippen LogP contribution in [0.15, 0.2) is 27.1 Å². The minimum atomic E-state index is -0.569. The SMILES string of the molecule is CCCC(c1cccs1)n1c(O)c(C)c(=O)[nH]c1=O. The molecule has 0 amide bonds. The van der Waals surface area contributed by atoms with Crippen LogP contribution in [0.5, 0.6) is 5.88 Å². The molecule has 0 aliphatic rings. The summed E-state index contributed by atoms with van der Waals surface area (Å²) in [5.41, 5.74) is -0.947. The van der Waals surface area contributed by atoms with Gasteiger partial charge in [0, 0.05) is 4.88 Å². The van der Waals surface area contributed by atoms with Crippen molar-refractivity contribution in [1.29, 1.82) is 0 Å². The van der Waals surface area contributed by atoms with E-state index >= 15 is 0 Å². The summed E-state index contributed by atoms with van der Waals surface area (Å²) in [7, 11) is 0. The van der Waals surface area contributed by atoms with Crippen LogP contribution < -0.4 is 11.2 Å². The summed E-state index contributed by atoms with van der Waals surface area (Å²) in [5, 5.41) is 12.0. The van der Waals surface area contributed by atoms with E-state index in [1.54, 1.807) is 0 Å². The number of H-pyrrole nitrogens is 1. The summed E-state index contributed by atoms with van der Waals surface area (Å²) in [6.07, 6.45) is 1.59. The van der Waals surface area contributed by atoms with Crippen LogP contribution in [-0.4, -0.2) is 14.7 Å². The predicted octanol–water partition coefficient (Wildman–Crippen LogP) is 2.00. The van der Waals surface area contributed by atoms with Gasteiger partial charge in [0.1, 0.15) is 0 Å². The first-order chi connectivity index (χ1) is 9.06. The molecule has 2 rings (SSSR count). The number of hydrogen-bond acceptors (Lipinski definition) is 4. The van der Waals surface area contributed by atoms with Gasteiger partial charge in [-0.15, -0.1) is 11.3 Å². The molecule has 2 aromatic rings. The van der Waals surface area contributed by atoms with Gasteiger partial charge in [0.15, 0.2) is 0 Å². The zero-order valence-electron chi connectivity index (χ0n) is 10.8.